The summed E-state index contributed by atoms with van der Waals surface area (Å²) in [5, 5.41) is 4.94. The van der Waals surface area contributed by atoms with E-state index in [1.807, 2.05) is 12.1 Å². The highest BCUT2D eigenvalue weighted by Crippen LogP contribution is 2.36. The molecule has 0 aliphatic rings. The number of rotatable bonds is 1. The molecule has 2 heterocycles. The normalized spacial score (nSPS) is 12.0. The Morgan fingerprint density at radius 1 is 0.727 bits per heavy atom. The van der Waals surface area contributed by atoms with E-state index in [4.69, 9.17) is 4.42 Å². The molecule has 0 amide bonds. The number of benzene rings is 3. The van der Waals surface area contributed by atoms with Gasteiger partial charge in [-0.05, 0) is 31.2 Å². The van der Waals surface area contributed by atoms with Gasteiger partial charge in [-0.2, -0.15) is 0 Å². The summed E-state index contributed by atoms with van der Waals surface area (Å²) in [5.41, 5.74) is 4.49. The lowest BCUT2D eigenvalue weighted by atomic mass is 10.1. The first-order chi connectivity index (χ1) is 10.9. The minimum absolute atomic E-state index is 0.956. The summed E-state index contributed by atoms with van der Waals surface area (Å²) >= 11 is 0. The first-order valence-electron chi connectivity index (χ1n) is 7.69. The predicted molar refractivity (Wildman–Crippen MR) is 92.4 cm³/mol. The van der Waals surface area contributed by atoms with E-state index in [1.54, 1.807) is 0 Å². The molecule has 0 spiro atoms. The van der Waals surface area contributed by atoms with Crippen LogP contribution in [-0.2, 0) is 6.54 Å². The van der Waals surface area contributed by atoms with Crippen molar-refractivity contribution in [1.29, 1.82) is 0 Å². The summed E-state index contributed by atoms with van der Waals surface area (Å²) in [4.78, 5) is 0. The van der Waals surface area contributed by atoms with Crippen molar-refractivity contribution in [3.8, 4) is 0 Å². The standard InChI is InChI=1S/C20H15NO/c1-2-21-17-9-5-3-7-13(17)15-12-20-16(11-18(15)21)14-8-4-6-10-19(14)22-20/h3-12H,2H2,1H3. The Morgan fingerprint density at radius 3 is 2.36 bits per heavy atom. The van der Waals surface area contributed by atoms with E-state index in [2.05, 4.69) is 60.0 Å². The van der Waals surface area contributed by atoms with E-state index in [0.717, 1.165) is 17.7 Å². The van der Waals surface area contributed by atoms with E-state index >= 15 is 0 Å². The Labute approximate surface area is 127 Å². The van der Waals surface area contributed by atoms with Gasteiger partial charge in [0, 0.05) is 39.1 Å². The number of hydrogen-bond acceptors (Lipinski definition) is 1. The maximum Gasteiger partial charge on any atom is 0.136 e. The van der Waals surface area contributed by atoms with E-state index < -0.39 is 0 Å². The smallest absolute Gasteiger partial charge is 0.136 e. The predicted octanol–water partition coefficient (Wildman–Crippen LogP) is 5.71. The molecule has 5 rings (SSSR count). The minimum atomic E-state index is 0.956. The average molecular weight is 285 g/mol. The molecule has 0 saturated carbocycles. The zero-order valence-corrected chi connectivity index (χ0v) is 12.3. The third kappa shape index (κ3) is 1.39. The number of fused-ring (bicyclic) bond motifs is 6. The van der Waals surface area contributed by atoms with Gasteiger partial charge in [-0.3, -0.25) is 0 Å². The van der Waals surface area contributed by atoms with Crippen LogP contribution in [0.1, 0.15) is 6.92 Å². The molecule has 0 aliphatic carbocycles. The monoisotopic (exact) mass is 285 g/mol. The van der Waals surface area contributed by atoms with Crippen LogP contribution in [0.3, 0.4) is 0 Å². The van der Waals surface area contributed by atoms with Gasteiger partial charge in [-0.15, -0.1) is 0 Å². The van der Waals surface area contributed by atoms with Gasteiger partial charge in [0.25, 0.3) is 0 Å². The van der Waals surface area contributed by atoms with Crippen LogP contribution in [0.2, 0.25) is 0 Å². The second-order valence-electron chi connectivity index (χ2n) is 5.73. The molecule has 0 unspecified atom stereocenters. The summed E-state index contributed by atoms with van der Waals surface area (Å²) in [6.45, 7) is 3.16. The van der Waals surface area contributed by atoms with Crippen molar-refractivity contribution in [2.45, 2.75) is 13.5 Å². The van der Waals surface area contributed by atoms with E-state index in [9.17, 15) is 0 Å². The summed E-state index contributed by atoms with van der Waals surface area (Å²) in [6, 6.07) is 21.3. The molecule has 2 aromatic heterocycles. The van der Waals surface area contributed by atoms with Gasteiger partial charge in [0.2, 0.25) is 0 Å². The highest BCUT2D eigenvalue weighted by molar-refractivity contribution is 6.16. The van der Waals surface area contributed by atoms with E-state index in [-0.39, 0.29) is 0 Å². The number of hydrogen-bond donors (Lipinski definition) is 0. The van der Waals surface area contributed by atoms with Crippen molar-refractivity contribution in [3.63, 3.8) is 0 Å². The highest BCUT2D eigenvalue weighted by Gasteiger charge is 2.13. The highest BCUT2D eigenvalue weighted by atomic mass is 16.3. The average Bonchev–Trinajstić information content (AvgIpc) is 3.07. The quantitative estimate of drug-likeness (QED) is 0.385. The largest absolute Gasteiger partial charge is 0.456 e. The Balaban J connectivity index is 2.06. The lowest BCUT2D eigenvalue weighted by Crippen LogP contribution is -1.92. The van der Waals surface area contributed by atoms with Gasteiger partial charge < -0.3 is 8.98 Å². The summed E-state index contributed by atoms with van der Waals surface area (Å²) in [5.74, 6) is 0. The van der Waals surface area contributed by atoms with E-state index in [0.29, 0.717) is 0 Å². The molecule has 5 aromatic rings. The number of aromatic nitrogens is 1. The summed E-state index contributed by atoms with van der Waals surface area (Å²) in [6.07, 6.45) is 0. The first-order valence-corrected chi connectivity index (χ1v) is 7.69. The van der Waals surface area contributed by atoms with Crippen molar-refractivity contribution in [1.82, 2.24) is 4.57 Å². The van der Waals surface area contributed by atoms with Gasteiger partial charge in [-0.25, -0.2) is 0 Å². The van der Waals surface area contributed by atoms with Crippen molar-refractivity contribution < 1.29 is 4.42 Å². The molecule has 2 nitrogen and oxygen atoms in total. The molecule has 0 aliphatic heterocycles. The van der Waals surface area contributed by atoms with Gasteiger partial charge in [0.1, 0.15) is 11.2 Å². The van der Waals surface area contributed by atoms with Crippen molar-refractivity contribution >= 4 is 43.7 Å². The fourth-order valence-electron chi connectivity index (χ4n) is 3.61. The molecule has 0 radical (unpaired) electrons. The maximum absolute atomic E-state index is 6.04. The van der Waals surface area contributed by atoms with Crippen molar-refractivity contribution in [2.75, 3.05) is 0 Å². The fraction of sp³-hybridized carbons (Fsp3) is 0.100. The molecule has 106 valence electrons. The van der Waals surface area contributed by atoms with Gasteiger partial charge in [-0.1, -0.05) is 36.4 Å². The second-order valence-corrected chi connectivity index (χ2v) is 5.73. The zero-order chi connectivity index (χ0) is 14.7. The molecule has 2 heteroatoms. The molecule has 22 heavy (non-hydrogen) atoms. The lowest BCUT2D eigenvalue weighted by Gasteiger charge is -2.02. The summed E-state index contributed by atoms with van der Waals surface area (Å²) in [7, 11) is 0. The van der Waals surface area contributed by atoms with Crippen molar-refractivity contribution in [2.24, 2.45) is 0 Å². The van der Waals surface area contributed by atoms with E-state index in [1.165, 1.54) is 32.6 Å². The Kier molecular flexibility index (Phi) is 2.23. The van der Waals surface area contributed by atoms with Gasteiger partial charge in [0.05, 0.1) is 0 Å². The van der Waals surface area contributed by atoms with Crippen LogP contribution in [0.4, 0.5) is 0 Å². The van der Waals surface area contributed by atoms with Gasteiger partial charge >= 0.3 is 0 Å². The molecule has 0 N–H and O–H groups in total. The number of aryl methyl sites for hydroxylation is 1. The first kappa shape index (κ1) is 11.9. The molecular formula is C20H15NO. The Hall–Kier alpha value is -2.74. The van der Waals surface area contributed by atoms with Crippen LogP contribution in [-0.4, -0.2) is 4.57 Å². The second kappa shape index (κ2) is 4.14. The van der Waals surface area contributed by atoms with Crippen molar-refractivity contribution in [3.05, 3.63) is 60.7 Å². The third-order valence-electron chi connectivity index (χ3n) is 4.59. The van der Waals surface area contributed by atoms with Crippen LogP contribution in [0.25, 0.3) is 43.7 Å². The molecule has 0 atom stereocenters. The van der Waals surface area contributed by atoms with Gasteiger partial charge in [0.15, 0.2) is 0 Å². The van der Waals surface area contributed by atoms with Crippen LogP contribution < -0.4 is 0 Å². The SMILES string of the molecule is CCn1c2ccccc2c2cc3oc4ccccc4c3cc21. The molecule has 3 aromatic carbocycles. The third-order valence-corrected chi connectivity index (χ3v) is 4.59. The van der Waals surface area contributed by atoms with Crippen LogP contribution in [0.5, 0.6) is 0 Å². The maximum atomic E-state index is 6.04. The number of para-hydroxylation sites is 2. The lowest BCUT2D eigenvalue weighted by molar-refractivity contribution is 0.669. The number of nitrogens with zero attached hydrogens (tertiary/aromatic N) is 1. The Bertz CT molecular complexity index is 1160. The topological polar surface area (TPSA) is 18.1 Å². The number of furan rings is 1. The fourth-order valence-corrected chi connectivity index (χ4v) is 3.61. The summed E-state index contributed by atoms with van der Waals surface area (Å²) < 4.78 is 8.42. The Morgan fingerprint density at radius 2 is 1.50 bits per heavy atom. The van der Waals surface area contributed by atoms with Crippen LogP contribution in [0, 0.1) is 0 Å². The molecule has 0 fully saturated rings. The molecule has 0 saturated heterocycles. The van der Waals surface area contributed by atoms with Crippen LogP contribution in [0.15, 0.2) is 65.1 Å². The minimum Gasteiger partial charge on any atom is -0.456 e. The molecule has 0 bridgehead atoms. The van der Waals surface area contributed by atoms with Crippen LogP contribution >= 0.6 is 0 Å². The molecular weight excluding hydrogens is 270 g/mol. The zero-order valence-electron chi connectivity index (χ0n) is 12.3.